The van der Waals surface area contributed by atoms with Gasteiger partial charge in [-0.3, -0.25) is 5.43 Å². The zero-order valence-electron chi connectivity index (χ0n) is 9.35. The highest BCUT2D eigenvalue weighted by molar-refractivity contribution is 5.49. The number of rotatable bonds is 2. The smallest absolute Gasteiger partial charge is 0.239 e. The number of anilines is 2. The molecular formula is C10H17N5O. The van der Waals surface area contributed by atoms with Crippen LogP contribution in [0.1, 0.15) is 18.4 Å². The number of nitrogens with one attached hydrogen (secondary N) is 1. The second-order valence-corrected chi connectivity index (χ2v) is 4.09. The predicted octanol–water partition coefficient (Wildman–Crippen LogP) is 0.0317. The van der Waals surface area contributed by atoms with Crippen LogP contribution < -0.4 is 16.2 Å². The lowest BCUT2D eigenvalue weighted by Crippen LogP contribution is -2.39. The van der Waals surface area contributed by atoms with E-state index in [-0.39, 0.29) is 6.10 Å². The van der Waals surface area contributed by atoms with E-state index in [9.17, 15) is 5.11 Å². The molecule has 1 aliphatic rings. The van der Waals surface area contributed by atoms with Gasteiger partial charge in [-0.25, -0.2) is 10.8 Å². The van der Waals surface area contributed by atoms with E-state index in [0.29, 0.717) is 12.5 Å². The summed E-state index contributed by atoms with van der Waals surface area (Å²) in [4.78, 5) is 10.4. The molecule has 4 N–H and O–H groups in total. The molecule has 0 aromatic carbocycles. The highest BCUT2D eigenvalue weighted by Crippen LogP contribution is 2.21. The van der Waals surface area contributed by atoms with Crippen molar-refractivity contribution in [2.24, 2.45) is 5.84 Å². The number of β-amino-alcohol motifs (C(OH)–C–C–N with tert-alkyl or cyclic N) is 1. The van der Waals surface area contributed by atoms with Gasteiger partial charge in [0.1, 0.15) is 5.82 Å². The molecule has 0 aliphatic carbocycles. The molecule has 1 aromatic rings. The second kappa shape index (κ2) is 4.63. The van der Waals surface area contributed by atoms with Crippen molar-refractivity contribution in [2.75, 3.05) is 23.4 Å². The lowest BCUT2D eigenvalue weighted by atomic mass is 10.1. The molecule has 1 unspecified atom stereocenters. The molecule has 0 spiro atoms. The first-order chi connectivity index (χ1) is 7.70. The van der Waals surface area contributed by atoms with E-state index in [1.54, 1.807) is 6.20 Å². The fourth-order valence-electron chi connectivity index (χ4n) is 1.97. The SMILES string of the molecule is Cc1cnc(NN)nc1N1CCCC(O)C1. The highest BCUT2D eigenvalue weighted by Gasteiger charge is 2.20. The van der Waals surface area contributed by atoms with E-state index < -0.39 is 0 Å². The third-order valence-electron chi connectivity index (χ3n) is 2.77. The first-order valence-corrected chi connectivity index (χ1v) is 5.44. The van der Waals surface area contributed by atoms with Crippen LogP contribution in [0.25, 0.3) is 0 Å². The van der Waals surface area contributed by atoms with E-state index >= 15 is 0 Å². The summed E-state index contributed by atoms with van der Waals surface area (Å²) >= 11 is 0. The van der Waals surface area contributed by atoms with E-state index in [2.05, 4.69) is 20.3 Å². The normalized spacial score (nSPS) is 20.9. The van der Waals surface area contributed by atoms with Crippen LogP contribution in [0, 0.1) is 6.92 Å². The molecule has 2 rings (SSSR count). The molecule has 16 heavy (non-hydrogen) atoms. The average molecular weight is 223 g/mol. The molecule has 0 amide bonds. The Morgan fingerprint density at radius 2 is 2.44 bits per heavy atom. The van der Waals surface area contributed by atoms with Crippen LogP contribution in [0.4, 0.5) is 11.8 Å². The third kappa shape index (κ3) is 2.23. The lowest BCUT2D eigenvalue weighted by Gasteiger charge is -2.31. The van der Waals surface area contributed by atoms with Crippen LogP contribution in [0.3, 0.4) is 0 Å². The Bertz CT molecular complexity index is 370. The molecule has 0 saturated carbocycles. The fraction of sp³-hybridized carbons (Fsp3) is 0.600. The molecule has 1 aromatic heterocycles. The van der Waals surface area contributed by atoms with Crippen molar-refractivity contribution in [3.8, 4) is 0 Å². The van der Waals surface area contributed by atoms with E-state index in [0.717, 1.165) is 30.8 Å². The highest BCUT2D eigenvalue weighted by atomic mass is 16.3. The van der Waals surface area contributed by atoms with Crippen molar-refractivity contribution in [2.45, 2.75) is 25.9 Å². The minimum atomic E-state index is -0.266. The summed E-state index contributed by atoms with van der Waals surface area (Å²) in [5, 5.41) is 9.63. The molecular weight excluding hydrogens is 206 g/mol. The molecule has 6 heteroatoms. The molecule has 1 aliphatic heterocycles. The van der Waals surface area contributed by atoms with Gasteiger partial charge in [0.15, 0.2) is 0 Å². The number of nitrogens with two attached hydrogens (primary N) is 1. The summed E-state index contributed by atoms with van der Waals surface area (Å²) in [5.74, 6) is 6.53. The Morgan fingerprint density at radius 3 is 3.12 bits per heavy atom. The number of aromatic nitrogens is 2. The van der Waals surface area contributed by atoms with Crippen LogP contribution in [0.15, 0.2) is 6.20 Å². The number of hydrogen-bond donors (Lipinski definition) is 3. The number of aliphatic hydroxyl groups excluding tert-OH is 1. The lowest BCUT2D eigenvalue weighted by molar-refractivity contribution is 0.154. The molecule has 88 valence electrons. The maximum absolute atomic E-state index is 9.63. The van der Waals surface area contributed by atoms with Crippen LogP contribution in [0.5, 0.6) is 0 Å². The molecule has 1 fully saturated rings. The zero-order chi connectivity index (χ0) is 11.5. The minimum Gasteiger partial charge on any atom is -0.391 e. The van der Waals surface area contributed by atoms with Crippen LogP contribution in [0.2, 0.25) is 0 Å². The van der Waals surface area contributed by atoms with Gasteiger partial charge in [0.25, 0.3) is 0 Å². The number of hydrazine groups is 1. The summed E-state index contributed by atoms with van der Waals surface area (Å²) in [6.45, 7) is 3.50. The topological polar surface area (TPSA) is 87.3 Å². The monoisotopic (exact) mass is 223 g/mol. The molecule has 1 atom stereocenters. The van der Waals surface area contributed by atoms with Crippen molar-refractivity contribution >= 4 is 11.8 Å². The summed E-state index contributed by atoms with van der Waals surface area (Å²) in [5.41, 5.74) is 3.43. The van der Waals surface area contributed by atoms with Gasteiger partial charge in [-0.15, -0.1) is 0 Å². The Labute approximate surface area is 94.5 Å². The Hall–Kier alpha value is -1.40. The maximum atomic E-state index is 9.63. The summed E-state index contributed by atoms with van der Waals surface area (Å²) in [6.07, 6.45) is 3.31. The molecule has 1 saturated heterocycles. The zero-order valence-corrected chi connectivity index (χ0v) is 9.35. The standard InChI is InChI=1S/C10H17N5O/c1-7-5-12-10(14-11)13-9(7)15-4-2-3-8(16)6-15/h5,8,16H,2-4,6,11H2,1H3,(H,12,13,14). The Kier molecular flexibility index (Phi) is 3.21. The quantitative estimate of drug-likeness (QED) is 0.484. The van der Waals surface area contributed by atoms with Gasteiger partial charge in [-0.2, -0.15) is 4.98 Å². The number of nitrogens with zero attached hydrogens (tertiary/aromatic N) is 3. The molecule has 2 heterocycles. The number of hydrogen-bond acceptors (Lipinski definition) is 6. The first-order valence-electron chi connectivity index (χ1n) is 5.44. The van der Waals surface area contributed by atoms with Gasteiger partial charge in [0.05, 0.1) is 6.10 Å². The Balaban J connectivity index is 2.24. The number of piperidine rings is 1. The molecule has 6 nitrogen and oxygen atoms in total. The number of aryl methyl sites for hydroxylation is 1. The van der Waals surface area contributed by atoms with Gasteiger partial charge in [-0.05, 0) is 19.8 Å². The largest absolute Gasteiger partial charge is 0.391 e. The Morgan fingerprint density at radius 1 is 1.62 bits per heavy atom. The van der Waals surface area contributed by atoms with Crippen molar-refractivity contribution in [3.05, 3.63) is 11.8 Å². The van der Waals surface area contributed by atoms with Gasteiger partial charge in [0, 0.05) is 24.8 Å². The van der Waals surface area contributed by atoms with E-state index in [1.807, 2.05) is 6.92 Å². The number of nitrogen functional groups attached to an aromatic ring is 1. The van der Waals surface area contributed by atoms with E-state index in [4.69, 9.17) is 5.84 Å². The van der Waals surface area contributed by atoms with Crippen LogP contribution in [-0.2, 0) is 0 Å². The average Bonchev–Trinajstić information content (AvgIpc) is 2.30. The van der Waals surface area contributed by atoms with Crippen LogP contribution in [-0.4, -0.2) is 34.3 Å². The van der Waals surface area contributed by atoms with Crippen LogP contribution >= 0.6 is 0 Å². The summed E-state index contributed by atoms with van der Waals surface area (Å²) in [7, 11) is 0. The third-order valence-corrected chi connectivity index (χ3v) is 2.77. The van der Waals surface area contributed by atoms with Gasteiger partial charge < -0.3 is 10.0 Å². The molecule has 0 radical (unpaired) electrons. The number of aliphatic hydroxyl groups is 1. The summed E-state index contributed by atoms with van der Waals surface area (Å²) in [6, 6.07) is 0. The fourth-order valence-corrected chi connectivity index (χ4v) is 1.97. The van der Waals surface area contributed by atoms with Crippen molar-refractivity contribution in [3.63, 3.8) is 0 Å². The minimum absolute atomic E-state index is 0.266. The second-order valence-electron chi connectivity index (χ2n) is 4.09. The van der Waals surface area contributed by atoms with E-state index in [1.165, 1.54) is 0 Å². The summed E-state index contributed by atoms with van der Waals surface area (Å²) < 4.78 is 0. The van der Waals surface area contributed by atoms with Crippen molar-refractivity contribution in [1.29, 1.82) is 0 Å². The first kappa shape index (κ1) is 11.1. The maximum Gasteiger partial charge on any atom is 0.239 e. The van der Waals surface area contributed by atoms with Gasteiger partial charge in [-0.1, -0.05) is 0 Å². The van der Waals surface area contributed by atoms with Gasteiger partial charge in [0.2, 0.25) is 5.95 Å². The van der Waals surface area contributed by atoms with Gasteiger partial charge >= 0.3 is 0 Å². The molecule has 0 bridgehead atoms. The van der Waals surface area contributed by atoms with Crippen molar-refractivity contribution < 1.29 is 5.11 Å². The van der Waals surface area contributed by atoms with Crippen molar-refractivity contribution in [1.82, 2.24) is 9.97 Å². The predicted molar refractivity (Wildman–Crippen MR) is 62.0 cm³/mol.